The summed E-state index contributed by atoms with van der Waals surface area (Å²) in [6.07, 6.45) is 3.90. The van der Waals surface area contributed by atoms with E-state index in [1.54, 1.807) is 6.08 Å². The van der Waals surface area contributed by atoms with Gasteiger partial charge >= 0.3 is 0 Å². The third-order valence-corrected chi connectivity index (χ3v) is 3.37. The molecule has 0 unspecified atom stereocenters. The lowest BCUT2D eigenvalue weighted by Gasteiger charge is -2.31. The summed E-state index contributed by atoms with van der Waals surface area (Å²) in [7, 11) is 0. The zero-order chi connectivity index (χ0) is 11.9. The van der Waals surface area contributed by atoms with Gasteiger partial charge in [-0.25, -0.2) is 9.79 Å². The highest BCUT2D eigenvalue weighted by atomic mass is 16.1. The van der Waals surface area contributed by atoms with Crippen molar-refractivity contribution >= 4 is 6.08 Å². The van der Waals surface area contributed by atoms with Crippen LogP contribution in [0.25, 0.3) is 0 Å². The van der Waals surface area contributed by atoms with Gasteiger partial charge in [0.05, 0.1) is 6.54 Å². The molecular weight excluding hydrogens is 212 g/mol. The first-order chi connectivity index (χ1) is 8.38. The van der Waals surface area contributed by atoms with Crippen molar-refractivity contribution < 1.29 is 4.79 Å². The van der Waals surface area contributed by atoms with Gasteiger partial charge in [0, 0.05) is 6.54 Å². The Morgan fingerprint density at radius 1 is 1.24 bits per heavy atom. The molecule has 1 saturated heterocycles. The fourth-order valence-corrected chi connectivity index (χ4v) is 2.34. The molecule has 0 radical (unpaired) electrons. The molecule has 2 rings (SSSR count). The lowest BCUT2D eigenvalue weighted by Crippen LogP contribution is -2.34. The zero-order valence-electron chi connectivity index (χ0n) is 10.0. The lowest BCUT2D eigenvalue weighted by atomic mass is 9.97. The smallest absolute Gasteiger partial charge is 0.234 e. The summed E-state index contributed by atoms with van der Waals surface area (Å²) >= 11 is 0. The van der Waals surface area contributed by atoms with Gasteiger partial charge < -0.3 is 0 Å². The SMILES string of the molecule is O=C=NCC1CCN(Cc2ccccc2)CC1. The normalized spacial score (nSPS) is 17.6. The van der Waals surface area contributed by atoms with Crippen LogP contribution in [0.2, 0.25) is 0 Å². The number of aliphatic imine (C=N–C) groups is 1. The predicted octanol–water partition coefficient (Wildman–Crippen LogP) is 2.23. The van der Waals surface area contributed by atoms with Gasteiger partial charge in [0.2, 0.25) is 6.08 Å². The van der Waals surface area contributed by atoms with Gasteiger partial charge in [0.15, 0.2) is 0 Å². The highest BCUT2D eigenvalue weighted by Crippen LogP contribution is 2.19. The Hall–Kier alpha value is -1.44. The van der Waals surface area contributed by atoms with Crippen LogP contribution in [0.15, 0.2) is 35.3 Å². The molecule has 90 valence electrons. The maximum absolute atomic E-state index is 10.1. The molecule has 1 fully saturated rings. The summed E-state index contributed by atoms with van der Waals surface area (Å²) in [6.45, 7) is 3.90. The van der Waals surface area contributed by atoms with Gasteiger partial charge in [-0.05, 0) is 37.4 Å². The molecule has 0 N–H and O–H groups in total. The molecule has 3 heteroatoms. The first-order valence-corrected chi connectivity index (χ1v) is 6.18. The van der Waals surface area contributed by atoms with Crippen molar-refractivity contribution in [3.8, 4) is 0 Å². The fraction of sp³-hybridized carbons (Fsp3) is 0.500. The molecule has 3 nitrogen and oxygen atoms in total. The fourth-order valence-electron chi connectivity index (χ4n) is 2.34. The molecule has 0 spiro atoms. The van der Waals surface area contributed by atoms with E-state index in [0.717, 1.165) is 32.5 Å². The largest absolute Gasteiger partial charge is 0.299 e. The number of isocyanates is 1. The minimum atomic E-state index is 0.573. The average Bonchev–Trinajstić information content (AvgIpc) is 2.39. The van der Waals surface area contributed by atoms with Crippen LogP contribution in [-0.2, 0) is 11.3 Å². The molecule has 1 heterocycles. The van der Waals surface area contributed by atoms with E-state index in [1.165, 1.54) is 5.56 Å². The molecule has 0 aromatic heterocycles. The number of piperidine rings is 1. The van der Waals surface area contributed by atoms with Gasteiger partial charge in [-0.2, -0.15) is 0 Å². The first kappa shape index (κ1) is 12.0. The zero-order valence-corrected chi connectivity index (χ0v) is 10.0. The van der Waals surface area contributed by atoms with Crippen LogP contribution in [0, 0.1) is 5.92 Å². The number of hydrogen-bond acceptors (Lipinski definition) is 3. The summed E-state index contributed by atoms with van der Waals surface area (Å²) in [4.78, 5) is 16.2. The summed E-state index contributed by atoms with van der Waals surface area (Å²) < 4.78 is 0. The minimum absolute atomic E-state index is 0.573. The third-order valence-electron chi connectivity index (χ3n) is 3.37. The first-order valence-electron chi connectivity index (χ1n) is 6.18. The molecule has 1 aromatic rings. The van der Waals surface area contributed by atoms with Crippen LogP contribution in [-0.4, -0.2) is 30.6 Å². The molecule has 0 aliphatic carbocycles. The van der Waals surface area contributed by atoms with Crippen LogP contribution in [0.4, 0.5) is 0 Å². The Balaban J connectivity index is 1.77. The monoisotopic (exact) mass is 230 g/mol. The summed E-state index contributed by atoms with van der Waals surface area (Å²) in [5, 5.41) is 0. The van der Waals surface area contributed by atoms with Gasteiger partial charge in [0.1, 0.15) is 0 Å². The van der Waals surface area contributed by atoms with E-state index in [-0.39, 0.29) is 0 Å². The van der Waals surface area contributed by atoms with Crippen molar-refractivity contribution in [2.24, 2.45) is 10.9 Å². The van der Waals surface area contributed by atoms with Crippen LogP contribution >= 0.6 is 0 Å². The van der Waals surface area contributed by atoms with Gasteiger partial charge in [-0.15, -0.1) is 0 Å². The van der Waals surface area contributed by atoms with E-state index in [2.05, 4.69) is 34.2 Å². The number of carbonyl (C=O) groups excluding carboxylic acids is 1. The van der Waals surface area contributed by atoms with Crippen LogP contribution in [0.1, 0.15) is 18.4 Å². The summed E-state index contributed by atoms with van der Waals surface area (Å²) in [5.74, 6) is 0.573. The van der Waals surface area contributed by atoms with E-state index in [4.69, 9.17) is 0 Å². The van der Waals surface area contributed by atoms with Crippen molar-refractivity contribution in [3.63, 3.8) is 0 Å². The minimum Gasteiger partial charge on any atom is -0.299 e. The molecule has 0 atom stereocenters. The second kappa shape index (κ2) is 6.33. The van der Waals surface area contributed by atoms with Gasteiger partial charge in [-0.3, -0.25) is 4.90 Å². The van der Waals surface area contributed by atoms with Crippen LogP contribution < -0.4 is 0 Å². The van der Waals surface area contributed by atoms with Crippen molar-refractivity contribution in [3.05, 3.63) is 35.9 Å². The molecular formula is C14H18N2O. The Bertz CT molecular complexity index is 376. The Kier molecular flexibility index (Phi) is 4.48. The molecule has 0 bridgehead atoms. The molecule has 0 saturated carbocycles. The molecule has 1 aromatic carbocycles. The Morgan fingerprint density at radius 2 is 1.94 bits per heavy atom. The number of rotatable bonds is 4. The van der Waals surface area contributed by atoms with Crippen molar-refractivity contribution in [1.82, 2.24) is 4.90 Å². The highest BCUT2D eigenvalue weighted by Gasteiger charge is 2.18. The van der Waals surface area contributed by atoms with Crippen LogP contribution in [0.3, 0.4) is 0 Å². The molecule has 1 aliphatic rings. The second-order valence-corrected chi connectivity index (χ2v) is 4.64. The summed E-state index contributed by atoms with van der Waals surface area (Å²) in [5.41, 5.74) is 1.37. The highest BCUT2D eigenvalue weighted by molar-refractivity contribution is 5.32. The van der Waals surface area contributed by atoms with Crippen molar-refractivity contribution in [2.75, 3.05) is 19.6 Å². The number of nitrogens with zero attached hydrogens (tertiary/aromatic N) is 2. The molecule has 17 heavy (non-hydrogen) atoms. The average molecular weight is 230 g/mol. The standard InChI is InChI=1S/C14H18N2O/c17-12-15-10-13-6-8-16(9-7-13)11-14-4-2-1-3-5-14/h1-5,13H,6-11H2. The maximum atomic E-state index is 10.1. The summed E-state index contributed by atoms with van der Waals surface area (Å²) in [6, 6.07) is 10.6. The van der Waals surface area contributed by atoms with E-state index < -0.39 is 0 Å². The van der Waals surface area contributed by atoms with Gasteiger partial charge in [-0.1, -0.05) is 30.3 Å². The Labute approximate surface area is 102 Å². The second-order valence-electron chi connectivity index (χ2n) is 4.64. The van der Waals surface area contributed by atoms with Crippen molar-refractivity contribution in [2.45, 2.75) is 19.4 Å². The number of likely N-dealkylation sites (tertiary alicyclic amines) is 1. The van der Waals surface area contributed by atoms with Crippen LogP contribution in [0.5, 0.6) is 0 Å². The number of hydrogen-bond donors (Lipinski definition) is 0. The van der Waals surface area contributed by atoms with E-state index >= 15 is 0 Å². The maximum Gasteiger partial charge on any atom is 0.234 e. The number of benzene rings is 1. The Morgan fingerprint density at radius 3 is 2.59 bits per heavy atom. The van der Waals surface area contributed by atoms with E-state index in [0.29, 0.717) is 12.5 Å². The quantitative estimate of drug-likeness (QED) is 0.587. The van der Waals surface area contributed by atoms with Crippen molar-refractivity contribution in [1.29, 1.82) is 0 Å². The van der Waals surface area contributed by atoms with Gasteiger partial charge in [0.25, 0.3) is 0 Å². The molecule has 1 aliphatic heterocycles. The third kappa shape index (κ3) is 3.81. The predicted molar refractivity (Wildman–Crippen MR) is 67.4 cm³/mol. The van der Waals surface area contributed by atoms with E-state index in [1.807, 2.05) is 6.07 Å². The molecule has 0 amide bonds. The lowest BCUT2D eigenvalue weighted by molar-refractivity contribution is 0.180. The topological polar surface area (TPSA) is 32.7 Å². The van der Waals surface area contributed by atoms with E-state index in [9.17, 15) is 4.79 Å².